The molecule has 0 bridgehead atoms. The van der Waals surface area contributed by atoms with Crippen LogP contribution in [0, 0.1) is 0 Å². The largest absolute Gasteiger partial charge is 0.363 e. The second kappa shape index (κ2) is 5.04. The number of carbonyl (C=O) groups excluding carboxylic acids is 1. The number of nitrogens with zero attached hydrogens (tertiary/aromatic N) is 2. The molecule has 0 saturated heterocycles. The average Bonchev–Trinajstić information content (AvgIpc) is 2.86. The molecule has 0 aliphatic carbocycles. The summed E-state index contributed by atoms with van der Waals surface area (Å²) in [5.41, 5.74) is 0.739. The molecule has 0 fully saturated rings. The lowest BCUT2D eigenvalue weighted by atomic mass is 9.93. The lowest BCUT2D eigenvalue weighted by Gasteiger charge is -2.34. The van der Waals surface area contributed by atoms with E-state index in [-0.39, 0.29) is 5.91 Å². The highest BCUT2D eigenvalue weighted by molar-refractivity contribution is 6.12. The molecule has 4 heteroatoms. The van der Waals surface area contributed by atoms with E-state index < -0.39 is 5.72 Å². The van der Waals surface area contributed by atoms with Crippen molar-refractivity contribution < 1.29 is 9.90 Å². The molecule has 23 heavy (non-hydrogen) atoms. The Bertz CT molecular complexity index is 865. The van der Waals surface area contributed by atoms with Gasteiger partial charge in [-0.05, 0) is 18.2 Å². The molecule has 112 valence electrons. The summed E-state index contributed by atoms with van der Waals surface area (Å²) >= 11 is 0. The second-order valence-corrected chi connectivity index (χ2v) is 5.44. The van der Waals surface area contributed by atoms with Crippen LogP contribution in [0.5, 0.6) is 0 Å². The van der Waals surface area contributed by atoms with Crippen LogP contribution in [0.3, 0.4) is 0 Å². The van der Waals surface area contributed by atoms with Crippen LogP contribution in [-0.2, 0) is 5.72 Å². The Morgan fingerprint density at radius 3 is 2.39 bits per heavy atom. The van der Waals surface area contributed by atoms with Crippen molar-refractivity contribution >= 4 is 11.6 Å². The number of aliphatic hydroxyl groups is 1. The fraction of sp³-hybridized carbons (Fsp3) is 0.0526. The van der Waals surface area contributed by atoms with Gasteiger partial charge in [0.25, 0.3) is 5.91 Å². The zero-order chi connectivity index (χ0) is 15.9. The van der Waals surface area contributed by atoms with Gasteiger partial charge in [-0.3, -0.25) is 14.7 Å². The minimum absolute atomic E-state index is 0.236. The van der Waals surface area contributed by atoms with Gasteiger partial charge < -0.3 is 5.11 Å². The molecular formula is C19H14N2O2. The predicted octanol–water partition coefficient (Wildman–Crippen LogP) is 2.94. The van der Waals surface area contributed by atoms with Crippen LogP contribution < -0.4 is 4.90 Å². The first kappa shape index (κ1) is 13.7. The van der Waals surface area contributed by atoms with Gasteiger partial charge >= 0.3 is 0 Å². The van der Waals surface area contributed by atoms with E-state index >= 15 is 0 Å². The molecule has 1 aliphatic heterocycles. The van der Waals surface area contributed by atoms with Crippen molar-refractivity contribution in [2.75, 3.05) is 4.90 Å². The summed E-state index contributed by atoms with van der Waals surface area (Å²) in [7, 11) is 0. The Labute approximate surface area is 133 Å². The van der Waals surface area contributed by atoms with Crippen molar-refractivity contribution in [1.82, 2.24) is 4.98 Å². The van der Waals surface area contributed by atoms with Crippen molar-refractivity contribution in [2.45, 2.75) is 5.72 Å². The molecule has 1 aliphatic rings. The molecule has 0 saturated carbocycles. The summed E-state index contributed by atoms with van der Waals surface area (Å²) in [6.45, 7) is 0. The number of amides is 1. The zero-order valence-electron chi connectivity index (χ0n) is 12.3. The van der Waals surface area contributed by atoms with Gasteiger partial charge in [-0.1, -0.05) is 48.5 Å². The normalized spacial score (nSPS) is 19.7. The van der Waals surface area contributed by atoms with Crippen molar-refractivity contribution in [3.05, 3.63) is 95.8 Å². The van der Waals surface area contributed by atoms with Crippen molar-refractivity contribution in [3.63, 3.8) is 0 Å². The smallest absolute Gasteiger partial charge is 0.261 e. The van der Waals surface area contributed by atoms with Crippen molar-refractivity contribution in [3.8, 4) is 0 Å². The highest BCUT2D eigenvalue weighted by Gasteiger charge is 2.50. The molecule has 0 spiro atoms. The van der Waals surface area contributed by atoms with Gasteiger partial charge in [0.05, 0.1) is 11.9 Å². The maximum atomic E-state index is 12.9. The molecule has 2 aromatic carbocycles. The highest BCUT2D eigenvalue weighted by Crippen LogP contribution is 2.44. The van der Waals surface area contributed by atoms with E-state index in [1.165, 1.54) is 4.90 Å². The topological polar surface area (TPSA) is 53.4 Å². The molecule has 1 unspecified atom stereocenters. The van der Waals surface area contributed by atoms with Crippen LogP contribution >= 0.6 is 0 Å². The first-order chi connectivity index (χ1) is 11.2. The standard InChI is InChI=1S/C19H14N2O2/c22-18-16-10-4-5-11-17(16)19(23,14-7-2-1-3-8-14)21(18)15-9-6-12-20-13-15/h1-13,23H. The molecule has 1 atom stereocenters. The highest BCUT2D eigenvalue weighted by atomic mass is 16.3. The Morgan fingerprint density at radius 2 is 1.65 bits per heavy atom. The van der Waals surface area contributed by atoms with Crippen molar-refractivity contribution in [1.29, 1.82) is 0 Å². The first-order valence-corrected chi connectivity index (χ1v) is 7.35. The number of rotatable bonds is 2. The number of fused-ring (bicyclic) bond motifs is 1. The van der Waals surface area contributed by atoms with Gasteiger partial charge in [0.1, 0.15) is 0 Å². The summed E-state index contributed by atoms with van der Waals surface area (Å²) in [4.78, 5) is 18.4. The third-order valence-corrected chi connectivity index (χ3v) is 4.14. The molecule has 4 nitrogen and oxygen atoms in total. The number of carbonyl (C=O) groups is 1. The van der Waals surface area contributed by atoms with Crippen LogP contribution in [0.15, 0.2) is 79.1 Å². The lowest BCUT2D eigenvalue weighted by Crippen LogP contribution is -2.45. The molecule has 1 amide bonds. The monoisotopic (exact) mass is 302 g/mol. The molecule has 3 aromatic rings. The molecular weight excluding hydrogens is 288 g/mol. The maximum Gasteiger partial charge on any atom is 0.261 e. The van der Waals surface area contributed by atoms with Gasteiger partial charge in [-0.25, -0.2) is 0 Å². The van der Waals surface area contributed by atoms with Gasteiger partial charge in [-0.15, -0.1) is 0 Å². The number of pyridine rings is 1. The van der Waals surface area contributed by atoms with E-state index in [0.717, 1.165) is 0 Å². The van der Waals surface area contributed by atoms with Crippen LogP contribution in [0.4, 0.5) is 5.69 Å². The van der Waals surface area contributed by atoms with E-state index in [9.17, 15) is 9.90 Å². The Kier molecular flexibility index (Phi) is 2.99. The Hall–Kier alpha value is -2.98. The van der Waals surface area contributed by atoms with E-state index in [2.05, 4.69) is 4.98 Å². The SMILES string of the molecule is O=C1c2ccccc2C(O)(c2ccccc2)N1c1cccnc1. The number of hydrogen-bond acceptors (Lipinski definition) is 3. The van der Waals surface area contributed by atoms with Crippen LogP contribution in [-0.4, -0.2) is 16.0 Å². The molecule has 4 rings (SSSR count). The Morgan fingerprint density at radius 1 is 0.913 bits per heavy atom. The van der Waals surface area contributed by atoms with E-state index in [4.69, 9.17) is 0 Å². The van der Waals surface area contributed by atoms with Crippen LogP contribution in [0.2, 0.25) is 0 Å². The van der Waals surface area contributed by atoms with E-state index in [1.54, 1.807) is 42.7 Å². The summed E-state index contributed by atoms with van der Waals surface area (Å²) in [5, 5.41) is 11.6. The zero-order valence-corrected chi connectivity index (χ0v) is 12.3. The third kappa shape index (κ3) is 1.89. The quantitative estimate of drug-likeness (QED) is 0.792. The predicted molar refractivity (Wildman–Crippen MR) is 86.9 cm³/mol. The van der Waals surface area contributed by atoms with Crippen LogP contribution in [0.1, 0.15) is 21.5 Å². The number of hydrogen-bond donors (Lipinski definition) is 1. The molecule has 0 radical (unpaired) electrons. The first-order valence-electron chi connectivity index (χ1n) is 7.35. The fourth-order valence-electron chi connectivity index (χ4n) is 3.11. The lowest BCUT2D eigenvalue weighted by molar-refractivity contribution is 0.0703. The second-order valence-electron chi connectivity index (χ2n) is 5.44. The van der Waals surface area contributed by atoms with Crippen LogP contribution in [0.25, 0.3) is 0 Å². The molecule has 1 aromatic heterocycles. The minimum atomic E-state index is -1.54. The van der Waals surface area contributed by atoms with E-state index in [1.807, 2.05) is 36.4 Å². The van der Waals surface area contributed by atoms with Gasteiger partial charge in [-0.2, -0.15) is 0 Å². The Balaban J connectivity index is 2.01. The summed E-state index contributed by atoms with van der Waals surface area (Å²) in [5.74, 6) is -0.236. The number of aromatic nitrogens is 1. The number of benzene rings is 2. The summed E-state index contributed by atoms with van der Waals surface area (Å²) < 4.78 is 0. The molecule has 1 N–H and O–H groups in total. The van der Waals surface area contributed by atoms with Crippen molar-refractivity contribution in [2.24, 2.45) is 0 Å². The van der Waals surface area contributed by atoms with Gasteiger partial charge in [0.2, 0.25) is 0 Å². The van der Waals surface area contributed by atoms with E-state index in [0.29, 0.717) is 22.4 Å². The number of anilines is 1. The van der Waals surface area contributed by atoms with Gasteiger partial charge in [0.15, 0.2) is 5.72 Å². The van der Waals surface area contributed by atoms with Gasteiger partial charge in [0, 0.05) is 22.9 Å². The average molecular weight is 302 g/mol. The maximum absolute atomic E-state index is 12.9. The minimum Gasteiger partial charge on any atom is -0.363 e. The fourth-order valence-corrected chi connectivity index (χ4v) is 3.11. The molecule has 2 heterocycles. The summed E-state index contributed by atoms with van der Waals surface area (Å²) in [6.07, 6.45) is 3.22. The summed E-state index contributed by atoms with van der Waals surface area (Å²) in [6, 6.07) is 19.9. The third-order valence-electron chi connectivity index (χ3n) is 4.14.